The molecule has 20 heavy (non-hydrogen) atoms. The first-order valence-electron chi connectivity index (χ1n) is 6.21. The normalized spacial score (nSPS) is 13.2. The molecule has 0 radical (unpaired) electrons. The Balaban J connectivity index is 2.28. The first-order valence-corrected chi connectivity index (χ1v) is 6.21. The van der Waals surface area contributed by atoms with Crippen LogP contribution in [0.25, 0.3) is 0 Å². The summed E-state index contributed by atoms with van der Waals surface area (Å²) < 4.78 is 38.7. The quantitative estimate of drug-likeness (QED) is 0.932. The Morgan fingerprint density at radius 3 is 2.60 bits per heavy atom. The third kappa shape index (κ3) is 3.36. The Bertz CT molecular complexity index is 594. The molecule has 106 valence electrons. The number of rotatable bonds is 3. The lowest BCUT2D eigenvalue weighted by Gasteiger charge is -2.17. The molecule has 2 nitrogen and oxygen atoms in total. The van der Waals surface area contributed by atoms with Gasteiger partial charge in [0.1, 0.15) is 0 Å². The first-order chi connectivity index (χ1) is 9.38. The molecule has 1 aromatic heterocycles. The molecule has 0 amide bonds. The molecule has 0 aliphatic carbocycles. The van der Waals surface area contributed by atoms with E-state index in [-0.39, 0.29) is 5.69 Å². The number of hydrogen-bond donors (Lipinski definition) is 1. The maximum absolute atomic E-state index is 12.9. The molecule has 0 spiro atoms. The molecule has 0 unspecified atom stereocenters. The van der Waals surface area contributed by atoms with E-state index in [0.29, 0.717) is 6.42 Å². The predicted molar refractivity (Wildman–Crippen MR) is 71.1 cm³/mol. The van der Waals surface area contributed by atoms with Crippen LogP contribution in [0.4, 0.5) is 13.2 Å². The van der Waals surface area contributed by atoms with Gasteiger partial charge in [0.25, 0.3) is 0 Å². The summed E-state index contributed by atoms with van der Waals surface area (Å²) in [7, 11) is 0. The Morgan fingerprint density at radius 1 is 1.20 bits per heavy atom. The summed E-state index contributed by atoms with van der Waals surface area (Å²) in [4.78, 5) is 3.82. The van der Waals surface area contributed by atoms with Gasteiger partial charge in [0.15, 0.2) is 0 Å². The number of nitrogens with two attached hydrogens (primary N) is 1. The zero-order valence-electron chi connectivity index (χ0n) is 11.0. The standard InChI is InChI=1S/C15H15F3N2/c1-10-4-2-5-11(8-10)9-13(19)14-12(15(16,17)18)6-3-7-20-14/h2-8,13H,9,19H2,1H3/t13-/m0/s1. The molecule has 1 atom stereocenters. The minimum atomic E-state index is -4.44. The van der Waals surface area contributed by atoms with E-state index in [4.69, 9.17) is 5.73 Å². The number of benzene rings is 1. The third-order valence-corrected chi connectivity index (χ3v) is 3.03. The lowest BCUT2D eigenvalue weighted by molar-refractivity contribution is -0.138. The second-order valence-electron chi connectivity index (χ2n) is 4.73. The Labute approximate surface area is 115 Å². The van der Waals surface area contributed by atoms with Gasteiger partial charge in [-0.25, -0.2) is 0 Å². The van der Waals surface area contributed by atoms with Crippen molar-refractivity contribution in [1.29, 1.82) is 0 Å². The molecule has 1 heterocycles. The van der Waals surface area contributed by atoms with E-state index in [9.17, 15) is 13.2 Å². The van der Waals surface area contributed by atoms with Crippen molar-refractivity contribution in [3.63, 3.8) is 0 Å². The lowest BCUT2D eigenvalue weighted by Crippen LogP contribution is -2.20. The first kappa shape index (κ1) is 14.5. The smallest absolute Gasteiger partial charge is 0.322 e. The maximum Gasteiger partial charge on any atom is 0.418 e. The second-order valence-corrected chi connectivity index (χ2v) is 4.73. The van der Waals surface area contributed by atoms with Gasteiger partial charge in [-0.05, 0) is 31.0 Å². The van der Waals surface area contributed by atoms with Crippen LogP contribution in [0, 0.1) is 6.92 Å². The number of pyridine rings is 1. The summed E-state index contributed by atoms with van der Waals surface area (Å²) in [5, 5.41) is 0. The van der Waals surface area contributed by atoms with E-state index in [1.54, 1.807) is 0 Å². The Hall–Kier alpha value is -1.88. The largest absolute Gasteiger partial charge is 0.418 e. The van der Waals surface area contributed by atoms with Crippen molar-refractivity contribution >= 4 is 0 Å². The SMILES string of the molecule is Cc1cccc(C[C@H](N)c2ncccc2C(F)(F)F)c1. The van der Waals surface area contributed by atoms with Crippen LogP contribution in [-0.4, -0.2) is 4.98 Å². The molecule has 5 heteroatoms. The van der Waals surface area contributed by atoms with Crippen molar-refractivity contribution in [3.05, 3.63) is 65.0 Å². The van der Waals surface area contributed by atoms with E-state index in [1.807, 2.05) is 31.2 Å². The van der Waals surface area contributed by atoms with Gasteiger partial charge in [-0.1, -0.05) is 29.8 Å². The Morgan fingerprint density at radius 2 is 1.95 bits per heavy atom. The molecule has 2 N–H and O–H groups in total. The zero-order chi connectivity index (χ0) is 14.8. The van der Waals surface area contributed by atoms with E-state index in [0.717, 1.165) is 17.2 Å². The van der Waals surface area contributed by atoms with Crippen LogP contribution >= 0.6 is 0 Å². The van der Waals surface area contributed by atoms with E-state index in [2.05, 4.69) is 4.98 Å². The zero-order valence-corrected chi connectivity index (χ0v) is 11.0. The van der Waals surface area contributed by atoms with Gasteiger partial charge in [0.2, 0.25) is 0 Å². The fourth-order valence-corrected chi connectivity index (χ4v) is 2.14. The highest BCUT2D eigenvalue weighted by molar-refractivity contribution is 5.29. The molecule has 0 fully saturated rings. The van der Waals surface area contributed by atoms with Gasteiger partial charge in [-0.3, -0.25) is 4.98 Å². The number of hydrogen-bond acceptors (Lipinski definition) is 2. The van der Waals surface area contributed by atoms with Crippen LogP contribution in [0.1, 0.15) is 28.4 Å². The minimum absolute atomic E-state index is 0.110. The summed E-state index contributed by atoms with van der Waals surface area (Å²) in [6, 6.07) is 9.05. The highest BCUT2D eigenvalue weighted by Gasteiger charge is 2.35. The summed E-state index contributed by atoms with van der Waals surface area (Å²) in [6.45, 7) is 1.93. The molecular weight excluding hydrogens is 265 g/mol. The Kier molecular flexibility index (Phi) is 4.09. The highest BCUT2D eigenvalue weighted by atomic mass is 19.4. The summed E-state index contributed by atoms with van der Waals surface area (Å²) in [5.41, 5.74) is 6.99. The van der Waals surface area contributed by atoms with Gasteiger partial charge < -0.3 is 5.73 Å². The van der Waals surface area contributed by atoms with Crippen LogP contribution in [0.3, 0.4) is 0 Å². The molecule has 0 aliphatic rings. The van der Waals surface area contributed by atoms with Crippen LogP contribution < -0.4 is 5.73 Å². The number of alkyl halides is 3. The second kappa shape index (κ2) is 5.63. The van der Waals surface area contributed by atoms with Crippen LogP contribution in [0.15, 0.2) is 42.6 Å². The van der Waals surface area contributed by atoms with Crippen molar-refractivity contribution in [2.75, 3.05) is 0 Å². The fourth-order valence-electron chi connectivity index (χ4n) is 2.14. The minimum Gasteiger partial charge on any atom is -0.322 e. The average Bonchev–Trinajstić information content (AvgIpc) is 2.37. The van der Waals surface area contributed by atoms with Crippen molar-refractivity contribution in [2.24, 2.45) is 5.73 Å². The van der Waals surface area contributed by atoms with E-state index in [1.165, 1.54) is 12.3 Å². The van der Waals surface area contributed by atoms with Crippen LogP contribution in [0.5, 0.6) is 0 Å². The molecule has 0 saturated heterocycles. The van der Waals surface area contributed by atoms with Crippen molar-refractivity contribution in [2.45, 2.75) is 25.6 Å². The number of aromatic nitrogens is 1. The van der Waals surface area contributed by atoms with Gasteiger partial charge in [0, 0.05) is 6.20 Å². The van der Waals surface area contributed by atoms with Crippen molar-refractivity contribution in [3.8, 4) is 0 Å². The molecule has 0 saturated carbocycles. The van der Waals surface area contributed by atoms with Gasteiger partial charge in [-0.15, -0.1) is 0 Å². The van der Waals surface area contributed by atoms with Crippen molar-refractivity contribution in [1.82, 2.24) is 4.98 Å². The number of aryl methyl sites for hydroxylation is 1. The molecular formula is C15H15F3N2. The molecule has 0 aliphatic heterocycles. The van der Waals surface area contributed by atoms with E-state index < -0.39 is 17.8 Å². The summed E-state index contributed by atoms with van der Waals surface area (Å²) in [5.74, 6) is 0. The monoisotopic (exact) mass is 280 g/mol. The average molecular weight is 280 g/mol. The van der Waals surface area contributed by atoms with Gasteiger partial charge in [0.05, 0.1) is 17.3 Å². The topological polar surface area (TPSA) is 38.9 Å². The highest BCUT2D eigenvalue weighted by Crippen LogP contribution is 2.33. The van der Waals surface area contributed by atoms with E-state index >= 15 is 0 Å². The molecule has 0 bridgehead atoms. The number of nitrogens with zero attached hydrogens (tertiary/aromatic N) is 1. The van der Waals surface area contributed by atoms with Crippen molar-refractivity contribution < 1.29 is 13.2 Å². The molecule has 2 aromatic rings. The summed E-state index contributed by atoms with van der Waals surface area (Å²) in [6.07, 6.45) is -2.78. The van der Waals surface area contributed by atoms with Gasteiger partial charge in [-0.2, -0.15) is 13.2 Å². The fraction of sp³-hybridized carbons (Fsp3) is 0.267. The summed E-state index contributed by atoms with van der Waals surface area (Å²) >= 11 is 0. The maximum atomic E-state index is 12.9. The third-order valence-electron chi connectivity index (χ3n) is 3.03. The van der Waals surface area contributed by atoms with Crippen LogP contribution in [-0.2, 0) is 12.6 Å². The predicted octanol–water partition coefficient (Wildman–Crippen LogP) is 3.65. The lowest BCUT2D eigenvalue weighted by atomic mass is 9.99. The molecule has 1 aromatic carbocycles. The van der Waals surface area contributed by atoms with Gasteiger partial charge >= 0.3 is 6.18 Å². The number of halogens is 3. The van der Waals surface area contributed by atoms with Crippen LogP contribution in [0.2, 0.25) is 0 Å². The molecule has 2 rings (SSSR count).